The number of nitrogens with zero attached hydrogens (tertiary/aromatic N) is 6. The van der Waals surface area contributed by atoms with Gasteiger partial charge in [0.25, 0.3) is 5.91 Å². The summed E-state index contributed by atoms with van der Waals surface area (Å²) >= 11 is 6.10. The molecule has 186 valence electrons. The number of imidazole rings is 1. The zero-order valence-electron chi connectivity index (χ0n) is 19.9. The summed E-state index contributed by atoms with van der Waals surface area (Å²) in [6.07, 6.45) is 2.45. The first-order valence-electron chi connectivity index (χ1n) is 11.7. The van der Waals surface area contributed by atoms with Crippen LogP contribution in [0.2, 0.25) is 5.02 Å². The average Bonchev–Trinajstić information content (AvgIpc) is 3.56. The zero-order valence-corrected chi connectivity index (χ0v) is 20.7. The minimum atomic E-state index is -0.313. The van der Waals surface area contributed by atoms with E-state index < -0.39 is 0 Å². The van der Waals surface area contributed by atoms with Crippen LogP contribution < -0.4 is 20.9 Å². The van der Waals surface area contributed by atoms with Gasteiger partial charge in [-0.3, -0.25) is 10.1 Å². The van der Waals surface area contributed by atoms with Crippen molar-refractivity contribution in [3.8, 4) is 5.69 Å². The molecule has 11 nitrogen and oxygen atoms in total. The Morgan fingerprint density at radius 2 is 2.03 bits per heavy atom. The van der Waals surface area contributed by atoms with Gasteiger partial charge in [0.05, 0.1) is 11.9 Å². The second kappa shape index (κ2) is 9.86. The molecule has 0 unspecified atom stereocenters. The van der Waals surface area contributed by atoms with Crippen LogP contribution in [0.4, 0.5) is 16.4 Å². The lowest BCUT2D eigenvalue weighted by atomic mass is 10.2. The molecule has 1 fully saturated rings. The number of aromatic nitrogens is 5. The molecule has 3 N–H and O–H groups in total. The number of hydrogen-bond acceptors (Lipinski definition) is 6. The number of halogens is 1. The Hall–Kier alpha value is -4.12. The molecule has 1 aliphatic rings. The molecule has 1 aliphatic heterocycles. The van der Waals surface area contributed by atoms with Gasteiger partial charge in [0.15, 0.2) is 17.2 Å². The Morgan fingerprint density at radius 3 is 2.83 bits per heavy atom. The third-order valence-electron chi connectivity index (χ3n) is 5.91. The minimum Gasteiger partial charge on any atom is -0.353 e. The van der Waals surface area contributed by atoms with Gasteiger partial charge < -0.3 is 15.5 Å². The molecule has 1 aromatic carbocycles. The maximum atomic E-state index is 12.9. The Morgan fingerprint density at radius 1 is 1.17 bits per heavy atom. The van der Waals surface area contributed by atoms with Crippen molar-refractivity contribution in [3.05, 3.63) is 65.1 Å². The predicted octanol–water partition coefficient (Wildman–Crippen LogP) is 3.03. The minimum absolute atomic E-state index is 0.0376. The Bertz CT molecular complexity index is 1430. The van der Waals surface area contributed by atoms with Crippen LogP contribution in [-0.2, 0) is 0 Å². The fourth-order valence-electron chi connectivity index (χ4n) is 4.22. The first-order valence-corrected chi connectivity index (χ1v) is 12.1. The average molecular weight is 508 g/mol. The number of anilines is 2. The summed E-state index contributed by atoms with van der Waals surface area (Å²) in [6.45, 7) is 5.64. The molecule has 3 aromatic heterocycles. The fraction of sp³-hybridized carbons (Fsp3) is 0.292. The van der Waals surface area contributed by atoms with E-state index in [1.165, 1.54) is 0 Å². The molecule has 0 spiro atoms. The molecule has 3 amide bonds. The van der Waals surface area contributed by atoms with Gasteiger partial charge in [-0.05, 0) is 56.7 Å². The normalized spacial score (nSPS) is 15.3. The van der Waals surface area contributed by atoms with Gasteiger partial charge >= 0.3 is 6.03 Å². The van der Waals surface area contributed by atoms with Gasteiger partial charge in [0.1, 0.15) is 5.82 Å². The lowest BCUT2D eigenvalue weighted by molar-refractivity contribution is 0.0935. The van der Waals surface area contributed by atoms with E-state index in [0.717, 1.165) is 30.2 Å². The number of amides is 3. The lowest BCUT2D eigenvalue weighted by Gasteiger charge is -2.17. The standard InChI is InChI=1S/C24H26ClN9O2/c1-3-26-24(36)29-20-14-33-21(28-20)7-8-22(31-33)32-10-9-17(13-32)27-23(35)19-11-15(2)34(30-19)18-6-4-5-16(25)12-18/h4-8,11-12,14,17H,3,9-10,13H2,1-2H3,(H,27,35)(H2,26,29,36)/t17-/m0/s1. The molecular weight excluding hydrogens is 482 g/mol. The first-order chi connectivity index (χ1) is 17.4. The second-order valence-corrected chi connectivity index (χ2v) is 9.01. The Balaban J connectivity index is 1.23. The summed E-state index contributed by atoms with van der Waals surface area (Å²) in [7, 11) is 0. The van der Waals surface area contributed by atoms with Gasteiger partial charge in [-0.2, -0.15) is 5.10 Å². The van der Waals surface area contributed by atoms with Crippen LogP contribution in [-0.4, -0.2) is 62.0 Å². The van der Waals surface area contributed by atoms with E-state index in [0.29, 0.717) is 35.3 Å². The predicted molar refractivity (Wildman–Crippen MR) is 137 cm³/mol. The van der Waals surface area contributed by atoms with E-state index in [4.69, 9.17) is 11.6 Å². The molecule has 4 aromatic rings. The van der Waals surface area contributed by atoms with Crippen LogP contribution in [0.15, 0.2) is 48.7 Å². The van der Waals surface area contributed by atoms with E-state index >= 15 is 0 Å². The first kappa shape index (κ1) is 23.6. The number of aryl methyl sites for hydroxylation is 1. The molecular formula is C24H26ClN9O2. The van der Waals surface area contributed by atoms with Gasteiger partial charge in [0, 0.05) is 36.4 Å². The monoisotopic (exact) mass is 507 g/mol. The van der Waals surface area contributed by atoms with Crippen LogP contribution in [0.1, 0.15) is 29.5 Å². The molecule has 4 heterocycles. The highest BCUT2D eigenvalue weighted by Gasteiger charge is 2.26. The number of rotatable bonds is 6. The highest BCUT2D eigenvalue weighted by atomic mass is 35.5. The molecule has 0 radical (unpaired) electrons. The maximum absolute atomic E-state index is 12.9. The van der Waals surface area contributed by atoms with Gasteiger partial charge in [-0.15, -0.1) is 5.10 Å². The van der Waals surface area contributed by atoms with Gasteiger partial charge in [0.2, 0.25) is 0 Å². The van der Waals surface area contributed by atoms with Crippen LogP contribution in [0.3, 0.4) is 0 Å². The van der Waals surface area contributed by atoms with E-state index in [2.05, 4.69) is 36.0 Å². The van der Waals surface area contributed by atoms with Crippen molar-refractivity contribution >= 4 is 40.8 Å². The highest BCUT2D eigenvalue weighted by molar-refractivity contribution is 6.30. The molecule has 0 saturated carbocycles. The number of urea groups is 1. The lowest BCUT2D eigenvalue weighted by Crippen LogP contribution is -2.37. The van der Waals surface area contributed by atoms with E-state index in [-0.39, 0.29) is 18.0 Å². The highest BCUT2D eigenvalue weighted by Crippen LogP contribution is 2.21. The molecule has 1 saturated heterocycles. The zero-order chi connectivity index (χ0) is 25.2. The third kappa shape index (κ3) is 4.96. The van der Waals surface area contributed by atoms with Crippen LogP contribution in [0.25, 0.3) is 11.3 Å². The Labute approximate surface area is 212 Å². The van der Waals surface area contributed by atoms with Crippen molar-refractivity contribution < 1.29 is 9.59 Å². The summed E-state index contributed by atoms with van der Waals surface area (Å²) in [5, 5.41) is 18.2. The molecule has 0 bridgehead atoms. The van der Waals surface area contributed by atoms with E-state index in [9.17, 15) is 9.59 Å². The summed E-state index contributed by atoms with van der Waals surface area (Å²) in [5.74, 6) is 0.969. The number of carbonyl (C=O) groups is 2. The molecule has 12 heteroatoms. The topological polar surface area (TPSA) is 121 Å². The molecule has 1 atom stereocenters. The van der Waals surface area contributed by atoms with Crippen LogP contribution in [0, 0.1) is 6.92 Å². The molecule has 0 aliphatic carbocycles. The van der Waals surface area contributed by atoms with Crippen molar-refractivity contribution in [3.63, 3.8) is 0 Å². The van der Waals surface area contributed by atoms with E-state index in [1.807, 2.05) is 38.1 Å². The smallest absolute Gasteiger partial charge is 0.320 e. The summed E-state index contributed by atoms with van der Waals surface area (Å²) < 4.78 is 3.34. The fourth-order valence-corrected chi connectivity index (χ4v) is 4.41. The number of carbonyl (C=O) groups excluding carboxylic acids is 2. The Kier molecular flexibility index (Phi) is 6.47. The van der Waals surface area contributed by atoms with E-state index in [1.54, 1.807) is 33.6 Å². The second-order valence-electron chi connectivity index (χ2n) is 8.57. The van der Waals surface area contributed by atoms with Gasteiger partial charge in [-0.25, -0.2) is 19.0 Å². The molecule has 5 rings (SSSR count). The van der Waals surface area contributed by atoms with Crippen molar-refractivity contribution in [2.45, 2.75) is 26.3 Å². The number of fused-ring (bicyclic) bond motifs is 1. The number of nitrogens with one attached hydrogen (secondary N) is 3. The number of benzene rings is 1. The molecule has 36 heavy (non-hydrogen) atoms. The SMILES string of the molecule is CCNC(=O)Nc1cn2nc(N3CC[C@H](NC(=O)c4cc(C)n(-c5cccc(Cl)c5)n4)C3)ccc2n1. The van der Waals surface area contributed by atoms with Crippen molar-refractivity contribution in [2.24, 2.45) is 0 Å². The quantitative estimate of drug-likeness (QED) is 0.369. The van der Waals surface area contributed by atoms with Crippen LogP contribution in [0.5, 0.6) is 0 Å². The maximum Gasteiger partial charge on any atom is 0.320 e. The van der Waals surface area contributed by atoms with Crippen molar-refractivity contribution in [1.29, 1.82) is 0 Å². The van der Waals surface area contributed by atoms with Crippen molar-refractivity contribution in [1.82, 2.24) is 35.0 Å². The largest absolute Gasteiger partial charge is 0.353 e. The number of hydrogen-bond donors (Lipinski definition) is 3. The van der Waals surface area contributed by atoms with Crippen LogP contribution >= 0.6 is 11.6 Å². The third-order valence-corrected chi connectivity index (χ3v) is 6.14. The summed E-state index contributed by atoms with van der Waals surface area (Å²) in [4.78, 5) is 31.1. The van der Waals surface area contributed by atoms with Gasteiger partial charge in [-0.1, -0.05) is 17.7 Å². The summed E-state index contributed by atoms with van der Waals surface area (Å²) in [6, 6.07) is 12.5. The summed E-state index contributed by atoms with van der Waals surface area (Å²) in [5.41, 5.74) is 2.63. The van der Waals surface area contributed by atoms with Crippen molar-refractivity contribution in [2.75, 3.05) is 29.9 Å².